The highest BCUT2D eigenvalue weighted by Crippen LogP contribution is 2.25. The lowest BCUT2D eigenvalue weighted by atomic mass is 9.92. The Bertz CT molecular complexity index is 962. The summed E-state index contributed by atoms with van der Waals surface area (Å²) in [5.41, 5.74) is 0.304. The van der Waals surface area contributed by atoms with E-state index < -0.39 is 30.0 Å². The standard InChI is InChI=1S/C21H24ClN3O4/c1-13(2)8-9-21(3)19(27)25(20(28)24-21)11-17(26)29-12-15-10-14-6-4-5-7-16(14)23-18(15)22/h4-7,10,13H,8-9,11-12H2,1-3H3,(H,24,28)/t21-/m0/s1. The number of esters is 1. The average molecular weight is 418 g/mol. The van der Waals surface area contributed by atoms with Gasteiger partial charge in [0.2, 0.25) is 0 Å². The van der Waals surface area contributed by atoms with Crippen molar-refractivity contribution in [3.8, 4) is 0 Å². The monoisotopic (exact) mass is 417 g/mol. The molecule has 1 fully saturated rings. The lowest BCUT2D eigenvalue weighted by Gasteiger charge is -2.22. The molecule has 0 unspecified atom stereocenters. The molecule has 7 nitrogen and oxygen atoms in total. The number of urea groups is 1. The lowest BCUT2D eigenvalue weighted by molar-refractivity contribution is -0.148. The van der Waals surface area contributed by atoms with Crippen LogP contribution in [0.1, 0.15) is 39.2 Å². The van der Waals surface area contributed by atoms with Gasteiger partial charge in [0.25, 0.3) is 5.91 Å². The van der Waals surface area contributed by atoms with Crippen LogP contribution in [0, 0.1) is 5.92 Å². The van der Waals surface area contributed by atoms with Crippen LogP contribution < -0.4 is 5.32 Å². The molecule has 3 rings (SSSR count). The van der Waals surface area contributed by atoms with Crippen LogP contribution in [-0.2, 0) is 20.9 Å². The second-order valence-corrected chi connectivity index (χ2v) is 8.24. The number of nitrogens with zero attached hydrogens (tertiary/aromatic N) is 2. The molecule has 0 saturated carbocycles. The van der Waals surface area contributed by atoms with E-state index in [0.29, 0.717) is 17.9 Å². The average Bonchev–Trinajstić information content (AvgIpc) is 2.88. The number of hydrogen-bond acceptors (Lipinski definition) is 5. The first-order valence-electron chi connectivity index (χ1n) is 9.53. The fraction of sp³-hybridized carbons (Fsp3) is 0.429. The highest BCUT2D eigenvalue weighted by atomic mass is 35.5. The maximum absolute atomic E-state index is 12.7. The third-order valence-electron chi connectivity index (χ3n) is 4.99. The molecule has 0 bridgehead atoms. The van der Waals surface area contributed by atoms with Gasteiger partial charge in [-0.25, -0.2) is 9.78 Å². The summed E-state index contributed by atoms with van der Waals surface area (Å²) in [4.78, 5) is 42.3. The van der Waals surface area contributed by atoms with E-state index in [4.69, 9.17) is 16.3 Å². The van der Waals surface area contributed by atoms with Crippen LogP contribution in [0.3, 0.4) is 0 Å². The maximum atomic E-state index is 12.7. The number of ether oxygens (including phenoxy) is 1. The van der Waals surface area contributed by atoms with Crippen molar-refractivity contribution in [1.29, 1.82) is 0 Å². The predicted octanol–water partition coefficient (Wildman–Crippen LogP) is 3.68. The Hall–Kier alpha value is -2.67. The second-order valence-electron chi connectivity index (χ2n) is 7.88. The smallest absolute Gasteiger partial charge is 0.326 e. The molecular weight excluding hydrogens is 394 g/mol. The van der Waals surface area contributed by atoms with Crippen LogP contribution in [0.2, 0.25) is 5.15 Å². The molecule has 1 aliphatic heterocycles. The number of pyridine rings is 1. The maximum Gasteiger partial charge on any atom is 0.326 e. The molecule has 0 radical (unpaired) electrons. The minimum Gasteiger partial charge on any atom is -0.459 e. The van der Waals surface area contributed by atoms with Crippen molar-refractivity contribution in [3.63, 3.8) is 0 Å². The number of imide groups is 1. The van der Waals surface area contributed by atoms with E-state index in [1.54, 1.807) is 13.0 Å². The Morgan fingerprint density at radius 1 is 1.31 bits per heavy atom. The molecular formula is C21H24ClN3O4. The first-order chi connectivity index (χ1) is 13.7. The van der Waals surface area contributed by atoms with Crippen LogP contribution in [0.4, 0.5) is 4.79 Å². The van der Waals surface area contributed by atoms with Gasteiger partial charge in [0.1, 0.15) is 23.8 Å². The zero-order valence-corrected chi connectivity index (χ0v) is 17.5. The molecule has 8 heteroatoms. The second kappa shape index (κ2) is 8.37. The summed E-state index contributed by atoms with van der Waals surface area (Å²) < 4.78 is 5.25. The molecule has 1 N–H and O–H groups in total. The summed E-state index contributed by atoms with van der Waals surface area (Å²) in [6.45, 7) is 5.24. The highest BCUT2D eigenvalue weighted by Gasteiger charge is 2.48. The molecule has 1 aromatic heterocycles. The van der Waals surface area contributed by atoms with E-state index in [9.17, 15) is 14.4 Å². The number of amides is 3. The summed E-state index contributed by atoms with van der Waals surface area (Å²) in [6, 6.07) is 8.68. The number of benzene rings is 1. The molecule has 3 amide bonds. The molecule has 1 atom stereocenters. The molecule has 1 aromatic carbocycles. The van der Waals surface area contributed by atoms with Crippen molar-refractivity contribution >= 4 is 40.4 Å². The quantitative estimate of drug-likeness (QED) is 0.421. The van der Waals surface area contributed by atoms with Gasteiger partial charge in [0.15, 0.2) is 0 Å². The van der Waals surface area contributed by atoms with E-state index in [1.165, 1.54) is 0 Å². The Morgan fingerprint density at radius 2 is 2.03 bits per heavy atom. The van der Waals surface area contributed by atoms with E-state index in [-0.39, 0.29) is 11.8 Å². The van der Waals surface area contributed by atoms with E-state index in [0.717, 1.165) is 22.2 Å². The van der Waals surface area contributed by atoms with Gasteiger partial charge in [-0.05, 0) is 37.8 Å². The molecule has 2 aromatic rings. The van der Waals surface area contributed by atoms with Gasteiger partial charge >= 0.3 is 12.0 Å². The molecule has 1 saturated heterocycles. The van der Waals surface area contributed by atoms with Crippen molar-refractivity contribution in [1.82, 2.24) is 15.2 Å². The fourth-order valence-corrected chi connectivity index (χ4v) is 3.41. The normalized spacial score (nSPS) is 19.1. The predicted molar refractivity (Wildman–Crippen MR) is 109 cm³/mol. The first kappa shape index (κ1) is 21.0. The van der Waals surface area contributed by atoms with Crippen LogP contribution in [0.5, 0.6) is 0 Å². The van der Waals surface area contributed by atoms with Gasteiger partial charge in [-0.15, -0.1) is 0 Å². The molecule has 1 aliphatic rings. The summed E-state index contributed by atoms with van der Waals surface area (Å²) in [7, 11) is 0. The third-order valence-corrected chi connectivity index (χ3v) is 5.32. The third kappa shape index (κ3) is 4.67. The fourth-order valence-electron chi connectivity index (χ4n) is 3.21. The SMILES string of the molecule is CC(C)CC[C@]1(C)NC(=O)N(CC(=O)OCc2cc3ccccc3nc2Cl)C1=O. The topological polar surface area (TPSA) is 88.6 Å². The Balaban J connectivity index is 1.61. The molecule has 2 heterocycles. The van der Waals surface area contributed by atoms with Gasteiger partial charge in [-0.3, -0.25) is 14.5 Å². The van der Waals surface area contributed by atoms with Gasteiger partial charge in [0.05, 0.1) is 5.52 Å². The van der Waals surface area contributed by atoms with Gasteiger partial charge in [0, 0.05) is 10.9 Å². The number of halogens is 1. The molecule has 29 heavy (non-hydrogen) atoms. The first-order valence-corrected chi connectivity index (χ1v) is 9.91. The van der Waals surface area contributed by atoms with Crippen LogP contribution in [0.15, 0.2) is 30.3 Å². The van der Waals surface area contributed by atoms with Crippen molar-refractivity contribution in [2.24, 2.45) is 5.92 Å². The number of para-hydroxylation sites is 1. The molecule has 0 aliphatic carbocycles. The Morgan fingerprint density at radius 3 is 2.76 bits per heavy atom. The Labute approximate surface area is 174 Å². The summed E-state index contributed by atoms with van der Waals surface area (Å²) in [5.74, 6) is -0.702. The lowest BCUT2D eigenvalue weighted by Crippen LogP contribution is -2.44. The summed E-state index contributed by atoms with van der Waals surface area (Å²) in [6.07, 6.45) is 1.30. The van der Waals surface area contributed by atoms with Gasteiger partial charge in [-0.2, -0.15) is 0 Å². The Kier molecular flexibility index (Phi) is 6.07. The number of hydrogen-bond donors (Lipinski definition) is 1. The van der Waals surface area contributed by atoms with Crippen molar-refractivity contribution in [3.05, 3.63) is 41.0 Å². The van der Waals surface area contributed by atoms with E-state index >= 15 is 0 Å². The van der Waals surface area contributed by atoms with Crippen molar-refractivity contribution in [2.75, 3.05) is 6.54 Å². The largest absolute Gasteiger partial charge is 0.459 e. The number of carbonyl (C=O) groups excluding carboxylic acids is 3. The minimum absolute atomic E-state index is 0.0935. The minimum atomic E-state index is -0.993. The molecule has 154 valence electrons. The summed E-state index contributed by atoms with van der Waals surface area (Å²) in [5, 5.41) is 3.81. The summed E-state index contributed by atoms with van der Waals surface area (Å²) >= 11 is 6.17. The number of carbonyl (C=O) groups is 3. The molecule has 0 spiro atoms. The number of nitrogens with one attached hydrogen (secondary N) is 1. The zero-order valence-electron chi connectivity index (χ0n) is 16.7. The number of fused-ring (bicyclic) bond motifs is 1. The van der Waals surface area contributed by atoms with Crippen LogP contribution >= 0.6 is 11.6 Å². The van der Waals surface area contributed by atoms with Gasteiger partial charge < -0.3 is 10.1 Å². The highest BCUT2D eigenvalue weighted by molar-refractivity contribution is 6.30. The number of rotatable bonds is 7. The van der Waals surface area contributed by atoms with E-state index in [2.05, 4.69) is 10.3 Å². The number of aromatic nitrogens is 1. The van der Waals surface area contributed by atoms with Crippen LogP contribution in [0.25, 0.3) is 10.9 Å². The van der Waals surface area contributed by atoms with Crippen LogP contribution in [-0.4, -0.2) is 39.9 Å². The van der Waals surface area contributed by atoms with Gasteiger partial charge in [-0.1, -0.05) is 43.6 Å². The van der Waals surface area contributed by atoms with E-state index in [1.807, 2.05) is 38.1 Å². The van der Waals surface area contributed by atoms with Crippen molar-refractivity contribution in [2.45, 2.75) is 45.8 Å². The van der Waals surface area contributed by atoms with Crippen molar-refractivity contribution < 1.29 is 19.1 Å². The zero-order chi connectivity index (χ0) is 21.2.